The van der Waals surface area contributed by atoms with E-state index in [0.717, 1.165) is 0 Å². The van der Waals surface area contributed by atoms with Crippen molar-refractivity contribution in [2.75, 3.05) is 58.9 Å². The van der Waals surface area contributed by atoms with Crippen LogP contribution in [0.25, 0.3) is 0 Å². The molecule has 2 N–H and O–H groups in total. The first-order valence-corrected chi connectivity index (χ1v) is 8.74. The number of amides is 1. The lowest BCUT2D eigenvalue weighted by atomic mass is 10.1. The summed E-state index contributed by atoms with van der Waals surface area (Å²) in [4.78, 5) is 40.6. The van der Waals surface area contributed by atoms with Crippen molar-refractivity contribution in [2.24, 2.45) is 0 Å². The summed E-state index contributed by atoms with van der Waals surface area (Å²) in [6.45, 7) is 11.8. The quantitative estimate of drug-likeness (QED) is 0.662. The minimum absolute atomic E-state index is 0.0318. The summed E-state index contributed by atoms with van der Waals surface area (Å²) in [7, 11) is 0. The first kappa shape index (κ1) is 21.5. The molecule has 0 aromatic carbocycles. The second-order valence-electron chi connectivity index (χ2n) is 7.72. The molecule has 8 nitrogen and oxygen atoms in total. The highest BCUT2D eigenvalue weighted by molar-refractivity contribution is 5.78. The molecule has 0 aromatic rings. The zero-order chi connectivity index (χ0) is 19.0. The van der Waals surface area contributed by atoms with E-state index in [1.54, 1.807) is 6.92 Å². The number of carbonyl (C=O) groups is 3. The molecule has 1 heterocycles. The average molecular weight is 356 g/mol. The molecule has 1 amide bonds. The van der Waals surface area contributed by atoms with E-state index in [2.05, 4.69) is 5.32 Å². The van der Waals surface area contributed by atoms with Crippen LogP contribution in [0.15, 0.2) is 0 Å². The summed E-state index contributed by atoms with van der Waals surface area (Å²) in [5, 5.41) is 12.0. The van der Waals surface area contributed by atoms with Crippen molar-refractivity contribution in [3.8, 4) is 0 Å². The molecule has 1 aliphatic rings. The Hall–Kier alpha value is -1.51. The normalized spacial score (nSPS) is 18.9. The second-order valence-corrected chi connectivity index (χ2v) is 7.72. The van der Waals surface area contributed by atoms with Gasteiger partial charge in [-0.3, -0.25) is 29.1 Å². The van der Waals surface area contributed by atoms with Crippen molar-refractivity contribution < 1.29 is 19.5 Å². The predicted octanol–water partition coefficient (Wildman–Crippen LogP) is -0.506. The maximum Gasteiger partial charge on any atom is 0.317 e. The van der Waals surface area contributed by atoms with E-state index < -0.39 is 5.97 Å². The summed E-state index contributed by atoms with van der Waals surface area (Å²) in [6, 6.07) is 0. The van der Waals surface area contributed by atoms with Crippen LogP contribution in [0.2, 0.25) is 0 Å². The number of Topliss-reactive ketones (excluding diaryl/α,β-unsaturated/α-hetero) is 1. The lowest BCUT2D eigenvalue weighted by Gasteiger charge is -2.27. The summed E-state index contributed by atoms with van der Waals surface area (Å²) in [5.74, 6) is -0.829. The second kappa shape index (κ2) is 9.84. The summed E-state index contributed by atoms with van der Waals surface area (Å²) >= 11 is 0. The molecule has 1 rings (SSSR count). The lowest BCUT2D eigenvalue weighted by molar-refractivity contribution is -0.138. The Labute approximate surface area is 150 Å². The van der Waals surface area contributed by atoms with Crippen LogP contribution >= 0.6 is 0 Å². The molecule has 0 spiro atoms. The Morgan fingerprint density at radius 3 is 1.60 bits per heavy atom. The molecule has 1 aliphatic heterocycles. The number of hydrogen-bond donors (Lipinski definition) is 2. The van der Waals surface area contributed by atoms with Crippen LogP contribution in [0.4, 0.5) is 0 Å². The van der Waals surface area contributed by atoms with E-state index in [4.69, 9.17) is 5.11 Å². The van der Waals surface area contributed by atoms with E-state index in [1.807, 2.05) is 35.5 Å². The molecule has 25 heavy (non-hydrogen) atoms. The maximum absolute atomic E-state index is 12.2. The highest BCUT2D eigenvalue weighted by atomic mass is 16.4. The van der Waals surface area contributed by atoms with Crippen LogP contribution in [0.5, 0.6) is 0 Å². The summed E-state index contributed by atoms with van der Waals surface area (Å²) < 4.78 is 0. The van der Waals surface area contributed by atoms with Gasteiger partial charge in [0.25, 0.3) is 0 Å². The molecular formula is C17H32N4O4. The van der Waals surface area contributed by atoms with Crippen LogP contribution < -0.4 is 5.32 Å². The third-order valence-corrected chi connectivity index (χ3v) is 3.88. The van der Waals surface area contributed by atoms with E-state index >= 15 is 0 Å². The fourth-order valence-corrected chi connectivity index (χ4v) is 2.83. The monoisotopic (exact) mass is 356 g/mol. The van der Waals surface area contributed by atoms with Gasteiger partial charge in [-0.05, 0) is 27.7 Å². The third-order valence-electron chi connectivity index (χ3n) is 3.88. The highest BCUT2D eigenvalue weighted by Gasteiger charge is 2.21. The molecule has 0 saturated carbocycles. The van der Waals surface area contributed by atoms with Gasteiger partial charge in [0.05, 0.1) is 19.6 Å². The number of nitrogens with zero attached hydrogens (tertiary/aromatic N) is 3. The van der Waals surface area contributed by atoms with Crippen molar-refractivity contribution in [2.45, 2.75) is 33.2 Å². The number of aliphatic carboxylic acids is 1. The maximum atomic E-state index is 12.2. The Morgan fingerprint density at radius 2 is 1.24 bits per heavy atom. The van der Waals surface area contributed by atoms with Gasteiger partial charge in [-0.2, -0.15) is 0 Å². The number of hydrogen-bond acceptors (Lipinski definition) is 6. The molecular weight excluding hydrogens is 324 g/mol. The number of carbonyl (C=O) groups excluding carboxylic acids is 2. The van der Waals surface area contributed by atoms with Gasteiger partial charge in [0, 0.05) is 44.8 Å². The van der Waals surface area contributed by atoms with Gasteiger partial charge in [0.2, 0.25) is 5.91 Å². The van der Waals surface area contributed by atoms with E-state index in [9.17, 15) is 14.4 Å². The van der Waals surface area contributed by atoms with Crippen LogP contribution in [-0.2, 0) is 14.4 Å². The Kier molecular flexibility index (Phi) is 8.47. The Balaban J connectivity index is 2.72. The third kappa shape index (κ3) is 10.2. The highest BCUT2D eigenvalue weighted by Crippen LogP contribution is 2.03. The number of carboxylic acids is 1. The van der Waals surface area contributed by atoms with Gasteiger partial charge in [0.15, 0.2) is 0 Å². The fraction of sp³-hybridized carbons (Fsp3) is 0.824. The molecule has 0 aromatic heterocycles. The molecule has 0 atom stereocenters. The molecule has 1 saturated heterocycles. The number of nitrogens with one attached hydrogen (secondary N) is 1. The Morgan fingerprint density at radius 1 is 0.840 bits per heavy atom. The topological polar surface area (TPSA) is 93.2 Å². The predicted molar refractivity (Wildman–Crippen MR) is 95.5 cm³/mol. The molecule has 0 bridgehead atoms. The summed E-state index contributed by atoms with van der Waals surface area (Å²) in [5.41, 5.74) is -0.285. The lowest BCUT2D eigenvalue weighted by Crippen LogP contribution is -2.48. The van der Waals surface area contributed by atoms with Gasteiger partial charge in [-0.1, -0.05) is 0 Å². The SMILES string of the molecule is CC(=O)CN1CCN(CC(=O)O)CCN(CC(=O)NC(C)(C)C)CC1. The van der Waals surface area contributed by atoms with Crippen LogP contribution in [-0.4, -0.2) is 102 Å². The van der Waals surface area contributed by atoms with Gasteiger partial charge >= 0.3 is 5.97 Å². The first-order valence-electron chi connectivity index (χ1n) is 8.74. The number of carboxylic acid groups (broad SMARTS) is 1. The number of ketones is 1. The van der Waals surface area contributed by atoms with Crippen molar-refractivity contribution in [3.05, 3.63) is 0 Å². The van der Waals surface area contributed by atoms with Gasteiger partial charge in [-0.15, -0.1) is 0 Å². The van der Waals surface area contributed by atoms with Gasteiger partial charge in [0.1, 0.15) is 5.78 Å². The molecule has 0 unspecified atom stereocenters. The van der Waals surface area contributed by atoms with Gasteiger partial charge < -0.3 is 10.4 Å². The zero-order valence-electron chi connectivity index (χ0n) is 15.9. The Bertz CT molecular complexity index is 448. The fourth-order valence-electron chi connectivity index (χ4n) is 2.83. The first-order chi connectivity index (χ1) is 11.5. The largest absolute Gasteiger partial charge is 0.480 e. The van der Waals surface area contributed by atoms with Crippen molar-refractivity contribution >= 4 is 17.7 Å². The van der Waals surface area contributed by atoms with Crippen molar-refractivity contribution in [1.29, 1.82) is 0 Å². The summed E-state index contributed by atoms with van der Waals surface area (Å²) in [6.07, 6.45) is 0. The minimum atomic E-state index is -0.866. The molecule has 8 heteroatoms. The zero-order valence-corrected chi connectivity index (χ0v) is 15.9. The van der Waals surface area contributed by atoms with Crippen LogP contribution in [0.3, 0.4) is 0 Å². The van der Waals surface area contributed by atoms with Gasteiger partial charge in [-0.25, -0.2) is 0 Å². The molecule has 0 radical (unpaired) electrons. The van der Waals surface area contributed by atoms with Crippen LogP contribution in [0.1, 0.15) is 27.7 Å². The average Bonchev–Trinajstić information content (AvgIpc) is 2.50. The van der Waals surface area contributed by atoms with Crippen molar-refractivity contribution in [1.82, 2.24) is 20.0 Å². The van der Waals surface area contributed by atoms with E-state index in [-0.39, 0.29) is 30.3 Å². The van der Waals surface area contributed by atoms with E-state index in [0.29, 0.717) is 45.8 Å². The minimum Gasteiger partial charge on any atom is -0.480 e. The van der Waals surface area contributed by atoms with Crippen molar-refractivity contribution in [3.63, 3.8) is 0 Å². The van der Waals surface area contributed by atoms with Crippen LogP contribution in [0, 0.1) is 0 Å². The van der Waals surface area contributed by atoms with E-state index in [1.165, 1.54) is 0 Å². The molecule has 0 aliphatic carbocycles. The smallest absolute Gasteiger partial charge is 0.317 e. The standard InChI is InChI=1S/C17H32N4O4/c1-14(22)11-19-5-7-20(12-15(23)18-17(2,3)4)8-10-21(9-6-19)13-16(24)25/h5-13H2,1-4H3,(H,18,23)(H,24,25). The number of rotatable bonds is 6. The molecule has 144 valence electrons. The molecule has 1 fully saturated rings.